The molecule has 94 valence electrons. The van der Waals surface area contributed by atoms with Crippen molar-refractivity contribution in [3.05, 3.63) is 57.4 Å². The number of halogens is 5. The largest absolute Gasteiger partial charge is 0.416 e. The molecule has 0 aliphatic heterocycles. The third kappa shape index (κ3) is 2.82. The molecule has 0 bridgehead atoms. The number of benzene rings is 2. The van der Waals surface area contributed by atoms with E-state index in [1.165, 1.54) is 24.3 Å². The van der Waals surface area contributed by atoms with Crippen molar-refractivity contribution in [2.24, 2.45) is 0 Å². The zero-order valence-electron chi connectivity index (χ0n) is 8.93. The van der Waals surface area contributed by atoms with Crippen molar-refractivity contribution < 1.29 is 17.6 Å². The SMILES string of the molecule is Fc1cc(-c2cccc(C(F)(F)F)c2)ccc1I. The summed E-state index contributed by atoms with van der Waals surface area (Å²) in [6, 6.07) is 9.21. The lowest BCUT2D eigenvalue weighted by atomic mass is 10.0. The van der Waals surface area contributed by atoms with E-state index in [4.69, 9.17) is 0 Å². The summed E-state index contributed by atoms with van der Waals surface area (Å²) in [5.41, 5.74) is 0.0399. The van der Waals surface area contributed by atoms with E-state index in [0.717, 1.165) is 12.1 Å². The van der Waals surface area contributed by atoms with Crippen LogP contribution in [-0.2, 0) is 6.18 Å². The Labute approximate surface area is 115 Å². The summed E-state index contributed by atoms with van der Waals surface area (Å²) < 4.78 is 51.5. The third-order valence-corrected chi connectivity index (χ3v) is 3.32. The van der Waals surface area contributed by atoms with Gasteiger partial charge in [0.1, 0.15) is 5.82 Å². The lowest BCUT2D eigenvalue weighted by molar-refractivity contribution is -0.137. The summed E-state index contributed by atoms with van der Waals surface area (Å²) in [6.45, 7) is 0. The number of hydrogen-bond donors (Lipinski definition) is 0. The van der Waals surface area contributed by atoms with Gasteiger partial charge in [0.25, 0.3) is 0 Å². The highest BCUT2D eigenvalue weighted by atomic mass is 127. The highest BCUT2D eigenvalue weighted by Crippen LogP contribution is 2.32. The fourth-order valence-corrected chi connectivity index (χ4v) is 1.89. The monoisotopic (exact) mass is 366 g/mol. The van der Waals surface area contributed by atoms with Gasteiger partial charge in [0.2, 0.25) is 0 Å². The highest BCUT2D eigenvalue weighted by Gasteiger charge is 2.30. The summed E-state index contributed by atoms with van der Waals surface area (Å²) in [4.78, 5) is 0. The van der Waals surface area contributed by atoms with Crippen molar-refractivity contribution >= 4 is 22.6 Å². The van der Waals surface area contributed by atoms with Gasteiger partial charge in [0, 0.05) is 3.57 Å². The van der Waals surface area contributed by atoms with Crippen LogP contribution in [0.15, 0.2) is 42.5 Å². The molecule has 0 saturated carbocycles. The van der Waals surface area contributed by atoms with Crippen molar-refractivity contribution in [1.29, 1.82) is 0 Å². The predicted molar refractivity (Wildman–Crippen MR) is 69.6 cm³/mol. The molecule has 0 saturated heterocycles. The third-order valence-electron chi connectivity index (χ3n) is 2.44. The van der Waals surface area contributed by atoms with Gasteiger partial charge in [-0.1, -0.05) is 18.2 Å². The lowest BCUT2D eigenvalue weighted by Gasteiger charge is -2.09. The van der Waals surface area contributed by atoms with Gasteiger partial charge in [-0.3, -0.25) is 0 Å². The second kappa shape index (κ2) is 4.87. The normalized spacial score (nSPS) is 11.6. The van der Waals surface area contributed by atoms with E-state index in [1.807, 2.05) is 22.6 Å². The second-order valence-electron chi connectivity index (χ2n) is 3.71. The molecule has 0 N–H and O–H groups in total. The Balaban J connectivity index is 2.48. The Kier molecular flexibility index (Phi) is 3.61. The van der Waals surface area contributed by atoms with E-state index in [0.29, 0.717) is 14.7 Å². The van der Waals surface area contributed by atoms with Gasteiger partial charge >= 0.3 is 6.18 Å². The van der Waals surface area contributed by atoms with Gasteiger partial charge < -0.3 is 0 Å². The van der Waals surface area contributed by atoms with E-state index in [-0.39, 0.29) is 0 Å². The molecule has 2 aromatic rings. The van der Waals surface area contributed by atoms with Gasteiger partial charge in [-0.05, 0) is 58.0 Å². The molecule has 0 radical (unpaired) electrons. The fraction of sp³-hybridized carbons (Fsp3) is 0.0769. The van der Waals surface area contributed by atoms with Gasteiger partial charge in [-0.25, -0.2) is 4.39 Å². The summed E-state index contributed by atoms with van der Waals surface area (Å²) in [6.07, 6.45) is -4.39. The Hall–Kier alpha value is -1.11. The van der Waals surface area contributed by atoms with Gasteiger partial charge in [-0.2, -0.15) is 13.2 Å². The molecule has 0 aliphatic carbocycles. The highest BCUT2D eigenvalue weighted by molar-refractivity contribution is 14.1. The first-order chi connectivity index (χ1) is 8.38. The number of hydrogen-bond acceptors (Lipinski definition) is 0. The van der Waals surface area contributed by atoms with Crippen LogP contribution in [0.1, 0.15) is 5.56 Å². The Bertz CT molecular complexity index is 575. The fourth-order valence-electron chi connectivity index (χ4n) is 1.55. The molecule has 0 heterocycles. The Morgan fingerprint density at radius 1 is 0.889 bits per heavy atom. The van der Waals surface area contributed by atoms with Crippen LogP contribution < -0.4 is 0 Å². The standard InChI is InChI=1S/C13H7F4I/c14-11-7-9(4-5-12(11)18)8-2-1-3-10(6-8)13(15,16)17/h1-7H. The molecular formula is C13H7F4I. The van der Waals surface area contributed by atoms with Crippen molar-refractivity contribution in [3.63, 3.8) is 0 Å². The minimum atomic E-state index is -4.39. The first-order valence-corrected chi connectivity index (χ1v) is 6.08. The molecular weight excluding hydrogens is 359 g/mol. The molecule has 18 heavy (non-hydrogen) atoms. The maximum Gasteiger partial charge on any atom is 0.416 e. The first-order valence-electron chi connectivity index (χ1n) is 5.00. The van der Waals surface area contributed by atoms with E-state index in [2.05, 4.69) is 0 Å². The topological polar surface area (TPSA) is 0 Å². The van der Waals surface area contributed by atoms with E-state index >= 15 is 0 Å². The molecule has 0 atom stereocenters. The van der Waals surface area contributed by atoms with Crippen molar-refractivity contribution in [1.82, 2.24) is 0 Å². The van der Waals surface area contributed by atoms with E-state index in [1.54, 1.807) is 6.07 Å². The molecule has 0 unspecified atom stereocenters. The summed E-state index contributed by atoms with van der Waals surface area (Å²) in [5.74, 6) is -0.439. The van der Waals surface area contributed by atoms with Crippen LogP contribution in [0.25, 0.3) is 11.1 Å². The first kappa shape index (κ1) is 13.3. The Morgan fingerprint density at radius 3 is 2.17 bits per heavy atom. The summed E-state index contributed by atoms with van der Waals surface area (Å²) in [7, 11) is 0. The second-order valence-corrected chi connectivity index (χ2v) is 4.87. The summed E-state index contributed by atoms with van der Waals surface area (Å²) >= 11 is 1.82. The zero-order chi connectivity index (χ0) is 13.3. The zero-order valence-corrected chi connectivity index (χ0v) is 11.1. The average molecular weight is 366 g/mol. The van der Waals surface area contributed by atoms with Gasteiger partial charge in [-0.15, -0.1) is 0 Å². The van der Waals surface area contributed by atoms with Crippen LogP contribution in [0.5, 0.6) is 0 Å². The van der Waals surface area contributed by atoms with E-state index in [9.17, 15) is 17.6 Å². The summed E-state index contributed by atoms with van der Waals surface area (Å²) in [5, 5.41) is 0. The van der Waals surface area contributed by atoms with Crippen LogP contribution in [-0.4, -0.2) is 0 Å². The van der Waals surface area contributed by atoms with Crippen LogP contribution in [0.4, 0.5) is 17.6 Å². The maximum absolute atomic E-state index is 13.4. The molecule has 0 nitrogen and oxygen atoms in total. The Morgan fingerprint density at radius 2 is 1.56 bits per heavy atom. The van der Waals surface area contributed by atoms with Gasteiger partial charge in [0.15, 0.2) is 0 Å². The van der Waals surface area contributed by atoms with Crippen molar-refractivity contribution in [2.75, 3.05) is 0 Å². The van der Waals surface area contributed by atoms with Crippen molar-refractivity contribution in [2.45, 2.75) is 6.18 Å². The smallest absolute Gasteiger partial charge is 0.206 e. The number of rotatable bonds is 1. The van der Waals surface area contributed by atoms with Crippen LogP contribution in [0, 0.1) is 9.39 Å². The average Bonchev–Trinajstić information content (AvgIpc) is 2.32. The molecule has 5 heteroatoms. The minimum absolute atomic E-state index is 0.347. The molecule has 0 amide bonds. The predicted octanol–water partition coefficient (Wildman–Crippen LogP) is 5.12. The molecule has 0 spiro atoms. The molecule has 0 fully saturated rings. The minimum Gasteiger partial charge on any atom is -0.206 e. The molecule has 0 aliphatic rings. The molecule has 2 aromatic carbocycles. The van der Waals surface area contributed by atoms with Crippen LogP contribution in [0.2, 0.25) is 0 Å². The van der Waals surface area contributed by atoms with Crippen LogP contribution in [0.3, 0.4) is 0 Å². The van der Waals surface area contributed by atoms with Crippen molar-refractivity contribution in [3.8, 4) is 11.1 Å². The molecule has 2 rings (SSSR count). The quantitative estimate of drug-likeness (QED) is 0.486. The van der Waals surface area contributed by atoms with Gasteiger partial charge in [0.05, 0.1) is 5.56 Å². The van der Waals surface area contributed by atoms with E-state index < -0.39 is 17.6 Å². The molecule has 0 aromatic heterocycles. The number of alkyl halides is 3. The maximum atomic E-state index is 13.4. The lowest BCUT2D eigenvalue weighted by Crippen LogP contribution is -2.04. The van der Waals surface area contributed by atoms with Crippen LogP contribution >= 0.6 is 22.6 Å².